The third-order valence-electron chi connectivity index (χ3n) is 3.70. The number of amides is 2. The molecule has 0 atom stereocenters. The molecule has 2 rings (SSSR count). The van der Waals surface area contributed by atoms with Crippen molar-refractivity contribution in [3.63, 3.8) is 0 Å². The summed E-state index contributed by atoms with van der Waals surface area (Å²) >= 11 is 1.11. The van der Waals surface area contributed by atoms with Crippen LogP contribution >= 0.6 is 11.3 Å². The monoisotopic (exact) mass is 362 g/mol. The molecular weight excluding hydrogens is 340 g/mol. The van der Waals surface area contributed by atoms with Gasteiger partial charge in [0.05, 0.1) is 6.54 Å². The molecule has 0 spiro atoms. The second-order valence-electron chi connectivity index (χ2n) is 5.81. The molecule has 2 amide bonds. The van der Waals surface area contributed by atoms with E-state index in [0.29, 0.717) is 0 Å². The van der Waals surface area contributed by atoms with Gasteiger partial charge in [-0.15, -0.1) is 0 Å². The molecule has 1 heterocycles. The van der Waals surface area contributed by atoms with Crippen molar-refractivity contribution in [3.8, 4) is 0 Å². The predicted octanol–water partition coefficient (Wildman–Crippen LogP) is 1.48. The lowest BCUT2D eigenvalue weighted by molar-refractivity contribution is -0.128. The van der Waals surface area contributed by atoms with Gasteiger partial charge in [0.25, 0.3) is 5.91 Å². The quantitative estimate of drug-likeness (QED) is 0.679. The van der Waals surface area contributed by atoms with Crippen LogP contribution in [0.15, 0.2) is 28.4 Å². The number of thiazole rings is 1. The van der Waals surface area contributed by atoms with Crippen molar-refractivity contribution in [2.45, 2.75) is 33.7 Å². The van der Waals surface area contributed by atoms with Crippen LogP contribution in [0, 0.1) is 20.8 Å². The van der Waals surface area contributed by atoms with E-state index in [2.05, 4.69) is 16.2 Å². The fourth-order valence-electron chi connectivity index (χ4n) is 2.32. The number of nitrogens with one attached hydrogen (secondary N) is 3. The molecule has 0 fully saturated rings. The lowest BCUT2D eigenvalue weighted by Gasteiger charge is -2.11. The standard InChI is InChI=1S/C17H22N4O3S/c1-11-4-5-14(12(2)8-11)18-9-16(23)20-19-15(22)6-7-21-13(3)10-25-17(21)24/h4-5,8,10,18H,6-7,9H2,1-3H3,(H,19,22)(H,20,23). The first kappa shape index (κ1) is 18.7. The van der Waals surface area contributed by atoms with E-state index in [1.165, 1.54) is 4.57 Å². The molecule has 0 radical (unpaired) electrons. The Morgan fingerprint density at radius 3 is 2.48 bits per heavy atom. The van der Waals surface area contributed by atoms with E-state index in [4.69, 9.17) is 0 Å². The van der Waals surface area contributed by atoms with Gasteiger partial charge in [-0.1, -0.05) is 29.0 Å². The van der Waals surface area contributed by atoms with E-state index in [-0.39, 0.29) is 36.2 Å². The minimum atomic E-state index is -0.350. The number of aromatic nitrogens is 1. The van der Waals surface area contributed by atoms with Crippen molar-refractivity contribution in [3.05, 3.63) is 50.1 Å². The van der Waals surface area contributed by atoms with Crippen LogP contribution in [0.1, 0.15) is 23.2 Å². The Morgan fingerprint density at radius 1 is 1.12 bits per heavy atom. The van der Waals surface area contributed by atoms with Crippen LogP contribution in [0.3, 0.4) is 0 Å². The second-order valence-corrected chi connectivity index (χ2v) is 6.63. The van der Waals surface area contributed by atoms with Gasteiger partial charge in [-0.05, 0) is 32.4 Å². The number of aryl methyl sites for hydroxylation is 3. The third-order valence-corrected chi connectivity index (χ3v) is 4.58. The molecule has 3 N–H and O–H groups in total. The summed E-state index contributed by atoms with van der Waals surface area (Å²) in [6.07, 6.45) is 0.113. The number of nitrogens with zero attached hydrogens (tertiary/aromatic N) is 1. The number of rotatable bonds is 6. The van der Waals surface area contributed by atoms with Crippen LogP contribution in [0.4, 0.5) is 5.69 Å². The summed E-state index contributed by atoms with van der Waals surface area (Å²) in [7, 11) is 0. The lowest BCUT2D eigenvalue weighted by Crippen LogP contribution is -2.44. The molecule has 0 aliphatic rings. The van der Waals surface area contributed by atoms with Crippen LogP contribution in [-0.2, 0) is 16.1 Å². The maximum absolute atomic E-state index is 11.8. The van der Waals surface area contributed by atoms with E-state index in [1.54, 1.807) is 5.38 Å². The second kappa shape index (κ2) is 8.48. The summed E-state index contributed by atoms with van der Waals surface area (Å²) in [5.74, 6) is -0.699. The molecule has 0 bridgehead atoms. The van der Waals surface area contributed by atoms with Crippen molar-refractivity contribution < 1.29 is 9.59 Å². The van der Waals surface area contributed by atoms with Gasteiger partial charge in [-0.3, -0.25) is 25.2 Å². The highest BCUT2D eigenvalue weighted by molar-refractivity contribution is 7.07. The maximum atomic E-state index is 11.8. The number of hydrogen-bond acceptors (Lipinski definition) is 5. The minimum absolute atomic E-state index is 0.0489. The zero-order valence-electron chi connectivity index (χ0n) is 14.5. The number of hydrazine groups is 1. The summed E-state index contributed by atoms with van der Waals surface area (Å²) in [5.41, 5.74) is 8.61. The van der Waals surface area contributed by atoms with Crippen LogP contribution in [0.2, 0.25) is 0 Å². The third kappa shape index (κ3) is 5.46. The molecule has 1 aromatic carbocycles. The van der Waals surface area contributed by atoms with E-state index in [1.807, 2.05) is 39.0 Å². The molecular formula is C17H22N4O3S. The highest BCUT2D eigenvalue weighted by atomic mass is 32.1. The average molecular weight is 362 g/mol. The predicted molar refractivity (Wildman–Crippen MR) is 98.6 cm³/mol. The van der Waals surface area contributed by atoms with E-state index in [0.717, 1.165) is 33.8 Å². The topological polar surface area (TPSA) is 92.2 Å². The Kier molecular flexibility index (Phi) is 6.35. The van der Waals surface area contributed by atoms with Crippen LogP contribution in [0.25, 0.3) is 0 Å². The Morgan fingerprint density at radius 2 is 1.84 bits per heavy atom. The molecule has 25 heavy (non-hydrogen) atoms. The fraction of sp³-hybridized carbons (Fsp3) is 0.353. The molecule has 7 nitrogen and oxygen atoms in total. The van der Waals surface area contributed by atoms with Gasteiger partial charge < -0.3 is 9.88 Å². The van der Waals surface area contributed by atoms with Gasteiger partial charge in [0.1, 0.15) is 0 Å². The normalized spacial score (nSPS) is 10.4. The van der Waals surface area contributed by atoms with Crippen molar-refractivity contribution in [1.82, 2.24) is 15.4 Å². The molecule has 2 aromatic rings. The molecule has 0 aliphatic heterocycles. The first-order chi connectivity index (χ1) is 11.9. The lowest BCUT2D eigenvalue weighted by atomic mass is 10.1. The Labute approximate surface area is 150 Å². The zero-order valence-corrected chi connectivity index (χ0v) is 15.3. The first-order valence-corrected chi connectivity index (χ1v) is 8.78. The van der Waals surface area contributed by atoms with Crippen LogP contribution < -0.4 is 21.0 Å². The Hall–Kier alpha value is -2.61. The number of hydrogen-bond donors (Lipinski definition) is 3. The van der Waals surface area contributed by atoms with Crippen molar-refractivity contribution in [1.29, 1.82) is 0 Å². The maximum Gasteiger partial charge on any atom is 0.307 e. The van der Waals surface area contributed by atoms with Crippen molar-refractivity contribution >= 4 is 28.8 Å². The zero-order chi connectivity index (χ0) is 18.4. The summed E-state index contributed by atoms with van der Waals surface area (Å²) in [4.78, 5) is 35.0. The largest absolute Gasteiger partial charge is 0.376 e. The van der Waals surface area contributed by atoms with Gasteiger partial charge in [0.2, 0.25) is 5.91 Å². The molecule has 134 valence electrons. The first-order valence-electron chi connectivity index (χ1n) is 7.90. The van der Waals surface area contributed by atoms with Crippen LogP contribution in [0.5, 0.6) is 0 Å². The highest BCUT2D eigenvalue weighted by Crippen LogP contribution is 2.15. The molecule has 0 aliphatic carbocycles. The number of benzene rings is 1. The van der Waals surface area contributed by atoms with Gasteiger partial charge in [-0.2, -0.15) is 0 Å². The molecule has 0 saturated carbocycles. The van der Waals surface area contributed by atoms with Crippen molar-refractivity contribution in [2.24, 2.45) is 0 Å². The number of carbonyl (C=O) groups is 2. The summed E-state index contributed by atoms with van der Waals surface area (Å²) in [6.45, 7) is 6.12. The van der Waals surface area contributed by atoms with E-state index in [9.17, 15) is 14.4 Å². The van der Waals surface area contributed by atoms with Gasteiger partial charge in [0.15, 0.2) is 0 Å². The summed E-state index contributed by atoms with van der Waals surface area (Å²) in [6, 6.07) is 5.90. The molecule has 1 aromatic heterocycles. The number of anilines is 1. The van der Waals surface area contributed by atoms with Gasteiger partial charge in [-0.25, -0.2) is 0 Å². The van der Waals surface area contributed by atoms with Crippen LogP contribution in [-0.4, -0.2) is 22.9 Å². The highest BCUT2D eigenvalue weighted by Gasteiger charge is 2.08. The molecule has 0 saturated heterocycles. The Bertz CT molecular complexity index is 826. The van der Waals surface area contributed by atoms with E-state index < -0.39 is 0 Å². The molecule has 8 heteroatoms. The Balaban J connectivity index is 1.72. The molecule has 0 unspecified atom stereocenters. The summed E-state index contributed by atoms with van der Waals surface area (Å²) in [5, 5.41) is 4.78. The minimum Gasteiger partial charge on any atom is -0.376 e. The van der Waals surface area contributed by atoms with E-state index >= 15 is 0 Å². The van der Waals surface area contributed by atoms with Crippen molar-refractivity contribution in [2.75, 3.05) is 11.9 Å². The average Bonchev–Trinajstić information content (AvgIpc) is 2.88. The fourth-order valence-corrected chi connectivity index (χ4v) is 3.08. The summed E-state index contributed by atoms with van der Waals surface area (Å²) < 4.78 is 1.54. The SMILES string of the molecule is Cc1ccc(NCC(=O)NNC(=O)CCn2c(C)csc2=O)c(C)c1. The number of carbonyl (C=O) groups excluding carboxylic acids is 2. The van der Waals surface area contributed by atoms with Gasteiger partial charge in [0, 0.05) is 29.7 Å². The smallest absolute Gasteiger partial charge is 0.307 e. The van der Waals surface area contributed by atoms with Gasteiger partial charge >= 0.3 is 4.87 Å².